The third kappa shape index (κ3) is 2.95. The number of nitrogens with one attached hydrogen (secondary N) is 1. The van der Waals surface area contributed by atoms with Gasteiger partial charge in [0, 0.05) is 21.9 Å². The van der Waals surface area contributed by atoms with Crippen molar-refractivity contribution in [2.24, 2.45) is 0 Å². The maximum atomic E-state index is 12.7. The zero-order chi connectivity index (χ0) is 16.8. The van der Waals surface area contributed by atoms with Gasteiger partial charge in [-0.1, -0.05) is 18.2 Å². The van der Waals surface area contributed by atoms with E-state index in [1.807, 2.05) is 50.6 Å². The van der Waals surface area contributed by atoms with E-state index >= 15 is 0 Å². The largest absolute Gasteiger partial charge is 0.306 e. The van der Waals surface area contributed by atoms with Gasteiger partial charge in [0.2, 0.25) is 0 Å². The fraction of sp³-hybridized carbons (Fsp3) is 0.412. The van der Waals surface area contributed by atoms with Crippen molar-refractivity contribution in [3.05, 3.63) is 46.6 Å². The summed E-state index contributed by atoms with van der Waals surface area (Å²) in [5.41, 5.74) is 3.03. The van der Waals surface area contributed by atoms with E-state index in [0.717, 1.165) is 16.8 Å². The van der Waals surface area contributed by atoms with Crippen molar-refractivity contribution in [1.82, 2.24) is 9.78 Å². The van der Waals surface area contributed by atoms with Gasteiger partial charge in [-0.3, -0.25) is 9.00 Å². The maximum Gasteiger partial charge on any atom is 0.257 e. The number of benzene rings is 1. The minimum Gasteiger partial charge on any atom is -0.306 e. The third-order valence-corrected chi connectivity index (χ3v) is 5.13. The van der Waals surface area contributed by atoms with E-state index < -0.39 is 10.8 Å². The van der Waals surface area contributed by atoms with Crippen LogP contribution in [0.25, 0.3) is 0 Å². The quantitative estimate of drug-likeness (QED) is 0.920. The molecule has 2 aromatic rings. The van der Waals surface area contributed by atoms with Gasteiger partial charge in [0.05, 0.1) is 22.7 Å². The molecular weight excluding hydrogens is 310 g/mol. The van der Waals surface area contributed by atoms with E-state index in [9.17, 15) is 9.00 Å². The fourth-order valence-electron chi connectivity index (χ4n) is 2.74. The van der Waals surface area contributed by atoms with Gasteiger partial charge in [-0.05, 0) is 39.3 Å². The van der Waals surface area contributed by atoms with Crippen molar-refractivity contribution in [2.75, 3.05) is 5.32 Å². The third-order valence-electron chi connectivity index (χ3n) is 3.93. The predicted octanol–water partition coefficient (Wildman–Crippen LogP) is 2.96. The molecule has 1 aliphatic rings. The normalized spacial score (nSPS) is 17.1. The van der Waals surface area contributed by atoms with Gasteiger partial charge in [0.25, 0.3) is 5.91 Å². The second-order valence-corrected chi connectivity index (χ2v) is 8.31. The lowest BCUT2D eigenvalue weighted by Crippen LogP contribution is -2.27. The average Bonchev–Trinajstić information content (AvgIpc) is 2.96. The molecule has 0 saturated carbocycles. The van der Waals surface area contributed by atoms with Crippen LogP contribution < -0.4 is 5.32 Å². The van der Waals surface area contributed by atoms with E-state index in [0.29, 0.717) is 22.9 Å². The first kappa shape index (κ1) is 15.9. The molecule has 0 saturated heterocycles. The lowest BCUT2D eigenvalue weighted by atomic mass is 10.1. The Balaban J connectivity index is 2.01. The number of anilines is 1. The molecule has 0 spiro atoms. The van der Waals surface area contributed by atoms with Gasteiger partial charge >= 0.3 is 0 Å². The zero-order valence-corrected chi connectivity index (χ0v) is 14.7. The van der Waals surface area contributed by atoms with E-state index in [4.69, 9.17) is 0 Å². The highest BCUT2D eigenvalue weighted by molar-refractivity contribution is 7.83. The van der Waals surface area contributed by atoms with Gasteiger partial charge in [-0.2, -0.15) is 5.10 Å². The van der Waals surface area contributed by atoms with Crippen molar-refractivity contribution < 1.29 is 9.00 Å². The number of rotatable bonds is 2. The van der Waals surface area contributed by atoms with Crippen LogP contribution in [-0.4, -0.2) is 19.9 Å². The summed E-state index contributed by atoms with van der Waals surface area (Å²) in [4.78, 5) is 12.7. The molecule has 0 aliphatic carbocycles. The smallest absolute Gasteiger partial charge is 0.257 e. The first-order valence-electron chi connectivity index (χ1n) is 7.60. The highest BCUT2D eigenvalue weighted by Gasteiger charge is 2.31. The number of aromatic nitrogens is 2. The van der Waals surface area contributed by atoms with Crippen molar-refractivity contribution in [3.63, 3.8) is 0 Å². The zero-order valence-electron chi connectivity index (χ0n) is 13.8. The van der Waals surface area contributed by atoms with Crippen LogP contribution in [0.3, 0.4) is 0 Å². The number of aryl methyl sites for hydroxylation is 1. The molecule has 6 heteroatoms. The summed E-state index contributed by atoms with van der Waals surface area (Å²) >= 11 is 0. The second-order valence-electron chi connectivity index (χ2n) is 6.85. The molecule has 0 unspecified atom stereocenters. The SMILES string of the molecule is Cc1ccccc1C(=O)Nc1c2c(nn1C(C)(C)C)C[S@@](=O)C2. The predicted molar refractivity (Wildman–Crippen MR) is 91.9 cm³/mol. The maximum absolute atomic E-state index is 12.7. The van der Waals surface area contributed by atoms with Gasteiger partial charge in [-0.25, -0.2) is 4.68 Å². The van der Waals surface area contributed by atoms with Gasteiger partial charge in [-0.15, -0.1) is 0 Å². The molecule has 1 N–H and O–H groups in total. The van der Waals surface area contributed by atoms with Crippen LogP contribution >= 0.6 is 0 Å². The molecule has 1 aromatic carbocycles. The minimum absolute atomic E-state index is 0.158. The molecule has 122 valence electrons. The highest BCUT2D eigenvalue weighted by Crippen LogP contribution is 2.33. The Morgan fingerprint density at radius 3 is 2.61 bits per heavy atom. The number of hydrogen-bond acceptors (Lipinski definition) is 3. The summed E-state index contributed by atoms with van der Waals surface area (Å²) in [6.07, 6.45) is 0. The van der Waals surface area contributed by atoms with Gasteiger partial charge in [0.15, 0.2) is 0 Å². The minimum atomic E-state index is -0.924. The number of hydrogen-bond donors (Lipinski definition) is 1. The summed E-state index contributed by atoms with van der Waals surface area (Å²) in [7, 11) is -0.924. The van der Waals surface area contributed by atoms with Crippen LogP contribution in [0, 0.1) is 6.92 Å². The number of amides is 1. The van der Waals surface area contributed by atoms with Crippen molar-refractivity contribution in [1.29, 1.82) is 0 Å². The molecule has 2 heterocycles. The summed E-state index contributed by atoms with van der Waals surface area (Å²) in [6.45, 7) is 8.02. The number of nitrogens with zero attached hydrogens (tertiary/aromatic N) is 2. The lowest BCUT2D eigenvalue weighted by molar-refractivity contribution is 0.102. The Morgan fingerprint density at radius 1 is 1.26 bits per heavy atom. The summed E-state index contributed by atoms with van der Waals surface area (Å²) in [5, 5.41) is 7.59. The Labute approximate surface area is 138 Å². The van der Waals surface area contributed by atoms with Crippen LogP contribution in [0.4, 0.5) is 5.82 Å². The molecule has 0 radical (unpaired) electrons. The summed E-state index contributed by atoms with van der Waals surface area (Å²) in [5.74, 6) is 1.43. The van der Waals surface area contributed by atoms with Gasteiger partial charge in [0.1, 0.15) is 5.82 Å². The number of carbonyl (C=O) groups excluding carboxylic acids is 1. The first-order valence-corrected chi connectivity index (χ1v) is 9.09. The molecule has 0 fully saturated rings. The molecule has 1 aliphatic heterocycles. The van der Waals surface area contributed by atoms with Crippen LogP contribution in [-0.2, 0) is 27.8 Å². The van der Waals surface area contributed by atoms with E-state index in [1.165, 1.54) is 0 Å². The lowest BCUT2D eigenvalue weighted by Gasteiger charge is -2.23. The topological polar surface area (TPSA) is 64.0 Å². The first-order chi connectivity index (χ1) is 10.8. The van der Waals surface area contributed by atoms with Crippen LogP contribution in [0.1, 0.15) is 48.0 Å². The second kappa shape index (κ2) is 5.60. The van der Waals surface area contributed by atoms with Crippen molar-refractivity contribution >= 4 is 22.5 Å². The summed E-state index contributed by atoms with van der Waals surface area (Å²) in [6, 6.07) is 7.48. The molecular formula is C17H21N3O2S. The van der Waals surface area contributed by atoms with Crippen molar-refractivity contribution in [3.8, 4) is 0 Å². The van der Waals surface area contributed by atoms with E-state index in [1.54, 1.807) is 6.07 Å². The van der Waals surface area contributed by atoms with Gasteiger partial charge < -0.3 is 5.32 Å². The van der Waals surface area contributed by atoms with Crippen molar-refractivity contribution in [2.45, 2.75) is 44.7 Å². The average molecular weight is 331 g/mol. The molecule has 1 amide bonds. The molecule has 1 atom stereocenters. The Kier molecular flexibility index (Phi) is 3.88. The molecule has 23 heavy (non-hydrogen) atoms. The Morgan fingerprint density at radius 2 is 1.96 bits per heavy atom. The number of fused-ring (bicyclic) bond motifs is 1. The highest BCUT2D eigenvalue weighted by atomic mass is 32.2. The molecule has 5 nitrogen and oxygen atoms in total. The van der Waals surface area contributed by atoms with Crippen LogP contribution in [0.5, 0.6) is 0 Å². The monoisotopic (exact) mass is 331 g/mol. The Bertz CT molecular complexity index is 803. The van der Waals surface area contributed by atoms with E-state index in [-0.39, 0.29) is 11.4 Å². The molecule has 3 rings (SSSR count). The Hall–Kier alpha value is -1.95. The van der Waals surface area contributed by atoms with E-state index in [2.05, 4.69) is 10.4 Å². The number of carbonyl (C=O) groups is 1. The molecule has 1 aromatic heterocycles. The summed E-state index contributed by atoms with van der Waals surface area (Å²) < 4.78 is 13.7. The standard InChI is InChI=1S/C17H21N3O2S/c1-11-7-5-6-8-12(11)16(21)18-15-13-9-23(22)10-14(13)19-20(15)17(2,3)4/h5-8H,9-10H2,1-4H3,(H,18,21)/t23-/m0/s1. The van der Waals surface area contributed by atoms with Crippen LogP contribution in [0.2, 0.25) is 0 Å². The van der Waals surface area contributed by atoms with Crippen LogP contribution in [0.15, 0.2) is 24.3 Å². The fourth-order valence-corrected chi connectivity index (χ4v) is 4.01. The molecule has 0 bridgehead atoms.